The van der Waals surface area contributed by atoms with Gasteiger partial charge in [0.15, 0.2) is 5.82 Å². The number of anilines is 2. The van der Waals surface area contributed by atoms with Crippen molar-refractivity contribution in [3.8, 4) is 0 Å². The number of nitrogen functional groups attached to an aromatic ring is 1. The molecule has 0 atom stereocenters. The van der Waals surface area contributed by atoms with Crippen LogP contribution in [0.1, 0.15) is 6.42 Å². The lowest BCUT2D eigenvalue weighted by atomic mass is 10.3. The van der Waals surface area contributed by atoms with E-state index in [2.05, 4.69) is 9.97 Å². The highest BCUT2D eigenvalue weighted by atomic mass is 35.5. The molecule has 0 fully saturated rings. The third-order valence-electron chi connectivity index (χ3n) is 2.41. The van der Waals surface area contributed by atoms with Gasteiger partial charge in [0.1, 0.15) is 0 Å². The molecule has 1 aromatic heterocycles. The average Bonchev–Trinajstić information content (AvgIpc) is 2.37. The third kappa shape index (κ3) is 4.64. The maximum absolute atomic E-state index is 5.87. The molecular formula is C11H19ClN4O2. The van der Waals surface area contributed by atoms with Crippen LogP contribution in [0.15, 0.2) is 6.20 Å². The van der Waals surface area contributed by atoms with E-state index in [1.54, 1.807) is 14.2 Å². The third-order valence-corrected chi connectivity index (χ3v) is 2.59. The minimum atomic E-state index is 0.188. The highest BCUT2D eigenvalue weighted by Crippen LogP contribution is 2.21. The molecule has 0 bridgehead atoms. The van der Waals surface area contributed by atoms with Crippen molar-refractivity contribution in [3.05, 3.63) is 11.5 Å². The van der Waals surface area contributed by atoms with Crippen molar-refractivity contribution in [3.63, 3.8) is 0 Å². The molecule has 0 radical (unpaired) electrons. The minimum absolute atomic E-state index is 0.188. The summed E-state index contributed by atoms with van der Waals surface area (Å²) in [6, 6.07) is 0. The van der Waals surface area contributed by atoms with Crippen LogP contribution >= 0.6 is 11.6 Å². The smallest absolute Gasteiger partial charge is 0.224 e. The summed E-state index contributed by atoms with van der Waals surface area (Å²) in [4.78, 5) is 10.0. The second kappa shape index (κ2) is 8.07. The summed E-state index contributed by atoms with van der Waals surface area (Å²) in [6.07, 6.45) is 2.39. The molecule has 18 heavy (non-hydrogen) atoms. The normalized spacial score (nSPS) is 10.6. The molecule has 6 nitrogen and oxygen atoms in total. The zero-order chi connectivity index (χ0) is 13.4. The van der Waals surface area contributed by atoms with Gasteiger partial charge in [0.05, 0.1) is 18.5 Å². The van der Waals surface area contributed by atoms with Crippen molar-refractivity contribution in [1.82, 2.24) is 9.97 Å². The van der Waals surface area contributed by atoms with Gasteiger partial charge in [-0.25, -0.2) is 4.98 Å². The van der Waals surface area contributed by atoms with Gasteiger partial charge in [-0.15, -0.1) is 0 Å². The molecule has 2 N–H and O–H groups in total. The molecular weight excluding hydrogens is 256 g/mol. The Morgan fingerprint density at radius 2 is 2.00 bits per heavy atom. The highest BCUT2D eigenvalue weighted by Gasteiger charge is 2.12. The predicted octanol–water partition coefficient (Wildman–Crippen LogP) is 1.20. The van der Waals surface area contributed by atoms with Gasteiger partial charge < -0.3 is 20.1 Å². The standard InChI is InChI=1S/C11H19ClN4O2/c1-17-6-3-4-16(5-7-18-2)10-9(13)8-14-11(12)15-10/h8H,3-7,13H2,1-2H3. The Labute approximate surface area is 112 Å². The summed E-state index contributed by atoms with van der Waals surface area (Å²) < 4.78 is 10.1. The summed E-state index contributed by atoms with van der Waals surface area (Å²) in [7, 11) is 3.33. The molecule has 0 amide bonds. The minimum Gasteiger partial charge on any atom is -0.394 e. The lowest BCUT2D eigenvalue weighted by Crippen LogP contribution is -2.30. The van der Waals surface area contributed by atoms with E-state index in [1.807, 2.05) is 4.90 Å². The van der Waals surface area contributed by atoms with Gasteiger partial charge >= 0.3 is 0 Å². The van der Waals surface area contributed by atoms with Gasteiger partial charge in [-0.2, -0.15) is 4.98 Å². The number of ether oxygens (including phenoxy) is 2. The van der Waals surface area contributed by atoms with Crippen LogP contribution in [-0.2, 0) is 9.47 Å². The number of aromatic nitrogens is 2. The van der Waals surface area contributed by atoms with Crippen molar-refractivity contribution < 1.29 is 9.47 Å². The largest absolute Gasteiger partial charge is 0.394 e. The summed E-state index contributed by atoms with van der Waals surface area (Å²) in [5.74, 6) is 0.642. The van der Waals surface area contributed by atoms with E-state index in [-0.39, 0.29) is 5.28 Å². The second-order valence-corrected chi connectivity index (χ2v) is 4.08. The molecule has 0 aromatic carbocycles. The number of rotatable bonds is 8. The molecule has 0 saturated heterocycles. The number of hydrogen-bond acceptors (Lipinski definition) is 6. The number of hydrogen-bond donors (Lipinski definition) is 1. The Morgan fingerprint density at radius 3 is 2.67 bits per heavy atom. The Kier molecular flexibility index (Phi) is 6.70. The molecule has 1 aromatic rings. The quantitative estimate of drug-likeness (QED) is 0.567. The molecule has 1 heterocycles. The second-order valence-electron chi connectivity index (χ2n) is 3.74. The van der Waals surface area contributed by atoms with Crippen LogP contribution in [-0.4, -0.2) is 50.5 Å². The van der Waals surface area contributed by atoms with Crippen molar-refractivity contribution in [2.75, 3.05) is 51.2 Å². The Balaban J connectivity index is 2.75. The molecule has 1 rings (SSSR count). The van der Waals surface area contributed by atoms with Crippen molar-refractivity contribution in [2.24, 2.45) is 0 Å². The van der Waals surface area contributed by atoms with E-state index in [0.29, 0.717) is 31.3 Å². The first-order chi connectivity index (χ1) is 8.69. The molecule has 0 saturated carbocycles. The summed E-state index contributed by atoms with van der Waals surface area (Å²) in [5, 5.41) is 0.188. The van der Waals surface area contributed by atoms with Gasteiger partial charge in [-0.1, -0.05) is 0 Å². The molecule has 0 spiro atoms. The first kappa shape index (κ1) is 14.9. The summed E-state index contributed by atoms with van der Waals surface area (Å²) >= 11 is 5.80. The zero-order valence-electron chi connectivity index (χ0n) is 10.7. The molecule has 0 aliphatic carbocycles. The van der Waals surface area contributed by atoms with E-state index in [0.717, 1.165) is 13.0 Å². The molecule has 0 aliphatic rings. The fraction of sp³-hybridized carbons (Fsp3) is 0.636. The monoisotopic (exact) mass is 274 g/mol. The number of halogens is 1. The maximum Gasteiger partial charge on any atom is 0.224 e. The highest BCUT2D eigenvalue weighted by molar-refractivity contribution is 6.28. The first-order valence-corrected chi connectivity index (χ1v) is 6.07. The fourth-order valence-electron chi connectivity index (χ4n) is 1.54. The fourth-order valence-corrected chi connectivity index (χ4v) is 1.67. The molecule has 7 heteroatoms. The zero-order valence-corrected chi connectivity index (χ0v) is 11.5. The van der Waals surface area contributed by atoms with Gasteiger partial charge in [0.25, 0.3) is 0 Å². The number of nitrogens with two attached hydrogens (primary N) is 1. The number of nitrogens with zero attached hydrogens (tertiary/aromatic N) is 3. The van der Waals surface area contributed by atoms with E-state index < -0.39 is 0 Å². The predicted molar refractivity (Wildman–Crippen MR) is 72.0 cm³/mol. The van der Waals surface area contributed by atoms with Gasteiger partial charge in [-0.3, -0.25) is 0 Å². The molecule has 0 aliphatic heterocycles. The average molecular weight is 275 g/mol. The first-order valence-electron chi connectivity index (χ1n) is 5.70. The van der Waals surface area contributed by atoms with Crippen LogP contribution in [0.4, 0.5) is 11.5 Å². The summed E-state index contributed by atoms with van der Waals surface area (Å²) in [5.41, 5.74) is 6.38. The van der Waals surface area contributed by atoms with Gasteiger partial charge in [-0.05, 0) is 18.0 Å². The molecule has 0 unspecified atom stereocenters. The Morgan fingerprint density at radius 1 is 1.28 bits per heavy atom. The Bertz CT molecular complexity index is 365. The van der Waals surface area contributed by atoms with Crippen LogP contribution in [0.2, 0.25) is 5.28 Å². The topological polar surface area (TPSA) is 73.5 Å². The van der Waals surface area contributed by atoms with Gasteiger partial charge in [0.2, 0.25) is 5.28 Å². The van der Waals surface area contributed by atoms with E-state index in [1.165, 1.54) is 6.20 Å². The summed E-state index contributed by atoms with van der Waals surface area (Å²) in [6.45, 7) is 2.74. The lowest BCUT2D eigenvalue weighted by Gasteiger charge is -2.24. The van der Waals surface area contributed by atoms with Crippen molar-refractivity contribution >= 4 is 23.1 Å². The van der Waals surface area contributed by atoms with E-state index in [9.17, 15) is 0 Å². The van der Waals surface area contributed by atoms with Crippen LogP contribution < -0.4 is 10.6 Å². The van der Waals surface area contributed by atoms with Crippen LogP contribution in [0, 0.1) is 0 Å². The van der Waals surface area contributed by atoms with E-state index in [4.69, 9.17) is 26.8 Å². The SMILES string of the molecule is COCCCN(CCOC)c1nc(Cl)ncc1N. The van der Waals surface area contributed by atoms with E-state index >= 15 is 0 Å². The van der Waals surface area contributed by atoms with Crippen molar-refractivity contribution in [2.45, 2.75) is 6.42 Å². The lowest BCUT2D eigenvalue weighted by molar-refractivity contribution is 0.191. The molecule has 102 valence electrons. The van der Waals surface area contributed by atoms with Crippen molar-refractivity contribution in [1.29, 1.82) is 0 Å². The van der Waals surface area contributed by atoms with Crippen LogP contribution in [0.25, 0.3) is 0 Å². The Hall–Kier alpha value is -1.11. The van der Waals surface area contributed by atoms with Crippen LogP contribution in [0.5, 0.6) is 0 Å². The maximum atomic E-state index is 5.87. The van der Waals surface area contributed by atoms with Gasteiger partial charge in [0, 0.05) is 33.9 Å². The number of methoxy groups -OCH3 is 2. The van der Waals surface area contributed by atoms with Crippen LogP contribution in [0.3, 0.4) is 0 Å².